The molecule has 1 saturated heterocycles. The SMILES string of the molecule is CC1C2Oc3ccc(C(F)(F)F)cc3CN2C(=O)[C@]12CC[C@@H](N)C2. The molecule has 2 heterocycles. The minimum Gasteiger partial charge on any atom is -0.470 e. The number of halogens is 3. The van der Waals surface area contributed by atoms with Crippen molar-refractivity contribution in [1.29, 1.82) is 0 Å². The van der Waals surface area contributed by atoms with Gasteiger partial charge >= 0.3 is 6.18 Å². The fraction of sp³-hybridized carbons (Fsp3) is 0.588. The lowest BCUT2D eigenvalue weighted by atomic mass is 9.76. The summed E-state index contributed by atoms with van der Waals surface area (Å²) >= 11 is 0. The number of amides is 1. The standard InChI is InChI=1S/C17H19F3N2O2/c1-9-14-22(15(23)16(9)5-4-12(21)7-16)8-10-6-11(17(18,19)20)2-3-13(10)24-14/h2-3,6,9,12,14H,4-5,7-8,21H2,1H3/t9?,12-,14?,16+/m1/s1. The van der Waals surface area contributed by atoms with Crippen LogP contribution < -0.4 is 10.5 Å². The van der Waals surface area contributed by atoms with Gasteiger partial charge in [-0.2, -0.15) is 13.2 Å². The first-order valence-electron chi connectivity index (χ1n) is 8.16. The number of nitrogens with two attached hydrogens (primary N) is 1. The molecule has 1 aromatic rings. The summed E-state index contributed by atoms with van der Waals surface area (Å²) < 4.78 is 44.7. The molecule has 2 aliphatic heterocycles. The molecule has 130 valence electrons. The number of ether oxygens (including phenoxy) is 1. The molecule has 24 heavy (non-hydrogen) atoms. The monoisotopic (exact) mass is 340 g/mol. The maximum absolute atomic E-state index is 13.0. The van der Waals surface area contributed by atoms with Crippen LogP contribution >= 0.6 is 0 Å². The summed E-state index contributed by atoms with van der Waals surface area (Å²) in [6.07, 6.45) is -2.70. The van der Waals surface area contributed by atoms with Crippen LogP contribution in [0.4, 0.5) is 13.2 Å². The average Bonchev–Trinajstić information content (AvgIpc) is 3.01. The van der Waals surface area contributed by atoms with Crippen LogP contribution in [0.3, 0.4) is 0 Å². The molecule has 7 heteroatoms. The number of hydrogen-bond donors (Lipinski definition) is 1. The van der Waals surface area contributed by atoms with Crippen molar-refractivity contribution in [3.05, 3.63) is 29.3 Å². The molecule has 1 amide bonds. The number of rotatable bonds is 0. The minimum absolute atomic E-state index is 0.00281. The Hall–Kier alpha value is -1.76. The summed E-state index contributed by atoms with van der Waals surface area (Å²) in [5, 5.41) is 0. The molecule has 4 atom stereocenters. The topological polar surface area (TPSA) is 55.6 Å². The van der Waals surface area contributed by atoms with E-state index in [4.69, 9.17) is 10.5 Å². The fourth-order valence-electron chi connectivity index (χ4n) is 4.50. The quantitative estimate of drug-likeness (QED) is 0.790. The van der Waals surface area contributed by atoms with Gasteiger partial charge in [-0.05, 0) is 37.5 Å². The zero-order chi connectivity index (χ0) is 17.3. The second-order valence-corrected chi connectivity index (χ2v) is 7.21. The maximum Gasteiger partial charge on any atom is 0.416 e. The van der Waals surface area contributed by atoms with Gasteiger partial charge in [-0.3, -0.25) is 4.79 Å². The first-order chi connectivity index (χ1) is 11.2. The predicted molar refractivity (Wildman–Crippen MR) is 79.8 cm³/mol. The molecule has 0 aromatic heterocycles. The Morgan fingerprint density at radius 3 is 2.75 bits per heavy atom. The van der Waals surface area contributed by atoms with Crippen molar-refractivity contribution in [2.75, 3.05) is 0 Å². The highest BCUT2D eigenvalue weighted by molar-refractivity contribution is 5.86. The Labute approximate surface area is 137 Å². The van der Waals surface area contributed by atoms with Crippen LogP contribution in [0, 0.1) is 11.3 Å². The molecule has 2 unspecified atom stereocenters. The van der Waals surface area contributed by atoms with Gasteiger partial charge in [-0.25, -0.2) is 0 Å². The molecular formula is C17H19F3N2O2. The van der Waals surface area contributed by atoms with E-state index in [0.717, 1.165) is 18.6 Å². The third-order valence-electron chi connectivity index (χ3n) is 5.86. The Balaban J connectivity index is 1.69. The van der Waals surface area contributed by atoms with Gasteiger partial charge in [0.1, 0.15) is 5.75 Å². The van der Waals surface area contributed by atoms with E-state index in [1.54, 1.807) is 4.90 Å². The van der Waals surface area contributed by atoms with E-state index in [1.807, 2.05) is 6.92 Å². The van der Waals surface area contributed by atoms with E-state index in [9.17, 15) is 18.0 Å². The Bertz CT molecular complexity index is 706. The maximum atomic E-state index is 13.0. The summed E-state index contributed by atoms with van der Waals surface area (Å²) in [4.78, 5) is 14.6. The molecule has 0 bridgehead atoms. The lowest BCUT2D eigenvalue weighted by Gasteiger charge is -2.34. The average molecular weight is 340 g/mol. The van der Waals surface area contributed by atoms with Crippen LogP contribution in [-0.4, -0.2) is 23.1 Å². The van der Waals surface area contributed by atoms with Gasteiger partial charge in [-0.1, -0.05) is 6.92 Å². The van der Waals surface area contributed by atoms with Gasteiger partial charge in [0.25, 0.3) is 0 Å². The zero-order valence-corrected chi connectivity index (χ0v) is 13.3. The Morgan fingerprint density at radius 2 is 2.12 bits per heavy atom. The second kappa shape index (κ2) is 4.88. The molecule has 2 N–H and O–H groups in total. The van der Waals surface area contributed by atoms with Gasteiger partial charge < -0.3 is 15.4 Å². The normalized spacial score (nSPS) is 35.1. The lowest BCUT2D eigenvalue weighted by molar-refractivity contribution is -0.140. The summed E-state index contributed by atoms with van der Waals surface area (Å²) in [5.41, 5.74) is 5.17. The first-order valence-corrected chi connectivity index (χ1v) is 8.16. The van der Waals surface area contributed by atoms with Crippen molar-refractivity contribution in [3.8, 4) is 5.75 Å². The largest absolute Gasteiger partial charge is 0.470 e. The predicted octanol–water partition coefficient (Wildman–Crippen LogP) is 2.90. The number of alkyl halides is 3. The molecule has 2 fully saturated rings. The number of nitrogens with zero attached hydrogens (tertiary/aromatic N) is 1. The van der Waals surface area contributed by atoms with Crippen molar-refractivity contribution < 1.29 is 22.7 Å². The summed E-state index contributed by atoms with van der Waals surface area (Å²) in [7, 11) is 0. The molecule has 0 radical (unpaired) electrons. The fourth-order valence-corrected chi connectivity index (χ4v) is 4.50. The van der Waals surface area contributed by atoms with Crippen LogP contribution in [0.1, 0.15) is 37.3 Å². The van der Waals surface area contributed by atoms with Gasteiger partial charge in [0.15, 0.2) is 6.23 Å². The highest BCUT2D eigenvalue weighted by atomic mass is 19.4. The van der Waals surface area contributed by atoms with E-state index in [0.29, 0.717) is 24.2 Å². The molecule has 4 nitrogen and oxygen atoms in total. The van der Waals surface area contributed by atoms with Crippen LogP contribution in [-0.2, 0) is 17.5 Å². The number of fused-ring (bicyclic) bond motifs is 2. The summed E-state index contributed by atoms with van der Waals surface area (Å²) in [6, 6.07) is 3.46. The lowest BCUT2D eigenvalue weighted by Crippen LogP contribution is -2.42. The van der Waals surface area contributed by atoms with Crippen LogP contribution in [0.25, 0.3) is 0 Å². The summed E-state index contributed by atoms with van der Waals surface area (Å²) in [5.74, 6) is 0.369. The van der Waals surface area contributed by atoms with E-state index < -0.39 is 23.4 Å². The van der Waals surface area contributed by atoms with Crippen molar-refractivity contribution in [1.82, 2.24) is 4.90 Å². The molecular weight excluding hydrogens is 321 g/mol. The smallest absolute Gasteiger partial charge is 0.416 e. The highest BCUT2D eigenvalue weighted by Gasteiger charge is 2.61. The van der Waals surface area contributed by atoms with Crippen LogP contribution in [0.15, 0.2) is 18.2 Å². The molecule has 1 spiro atoms. The van der Waals surface area contributed by atoms with Crippen LogP contribution in [0.5, 0.6) is 5.75 Å². The zero-order valence-electron chi connectivity index (χ0n) is 13.3. The third kappa shape index (κ3) is 2.06. The number of hydrogen-bond acceptors (Lipinski definition) is 3. The molecule has 1 aliphatic carbocycles. The van der Waals surface area contributed by atoms with Gasteiger partial charge in [0.2, 0.25) is 5.91 Å². The van der Waals surface area contributed by atoms with E-state index >= 15 is 0 Å². The summed E-state index contributed by atoms with van der Waals surface area (Å²) in [6.45, 7) is 2.14. The van der Waals surface area contributed by atoms with Crippen molar-refractivity contribution in [2.24, 2.45) is 17.1 Å². The number of carbonyl (C=O) groups excluding carboxylic acids is 1. The van der Waals surface area contributed by atoms with Crippen molar-refractivity contribution in [3.63, 3.8) is 0 Å². The third-order valence-corrected chi connectivity index (χ3v) is 5.86. The molecule has 1 aromatic carbocycles. The van der Waals surface area contributed by atoms with Crippen LogP contribution in [0.2, 0.25) is 0 Å². The molecule has 3 aliphatic rings. The molecule has 4 rings (SSSR count). The highest BCUT2D eigenvalue weighted by Crippen LogP contribution is 2.54. The first kappa shape index (κ1) is 15.7. The Morgan fingerprint density at radius 1 is 1.38 bits per heavy atom. The van der Waals surface area contributed by atoms with Crippen molar-refractivity contribution in [2.45, 2.75) is 51.2 Å². The Kier molecular flexibility index (Phi) is 3.20. The van der Waals surface area contributed by atoms with E-state index in [2.05, 4.69) is 0 Å². The van der Waals surface area contributed by atoms with E-state index in [1.165, 1.54) is 6.07 Å². The van der Waals surface area contributed by atoms with Gasteiger partial charge in [0.05, 0.1) is 17.5 Å². The van der Waals surface area contributed by atoms with Gasteiger partial charge in [-0.15, -0.1) is 0 Å². The second-order valence-electron chi connectivity index (χ2n) is 7.21. The number of benzene rings is 1. The number of carbonyl (C=O) groups is 1. The van der Waals surface area contributed by atoms with Gasteiger partial charge in [0, 0.05) is 17.5 Å². The minimum atomic E-state index is -4.41. The van der Waals surface area contributed by atoms with Crippen molar-refractivity contribution >= 4 is 5.91 Å². The van der Waals surface area contributed by atoms with E-state index in [-0.39, 0.29) is 24.4 Å². The molecule has 1 saturated carbocycles.